The molecule has 0 aliphatic carbocycles. The van der Waals surface area contributed by atoms with Gasteiger partial charge in [0.15, 0.2) is 6.04 Å². The highest BCUT2D eigenvalue weighted by molar-refractivity contribution is 7.89. The number of ether oxygens (including phenoxy) is 2. The van der Waals surface area contributed by atoms with E-state index in [1.54, 1.807) is 6.92 Å². The van der Waals surface area contributed by atoms with Crippen molar-refractivity contribution in [1.82, 2.24) is 9.62 Å². The van der Waals surface area contributed by atoms with Crippen molar-refractivity contribution in [3.05, 3.63) is 29.3 Å². The minimum absolute atomic E-state index is 0.0191. The minimum atomic E-state index is -3.77. The Kier molecular flexibility index (Phi) is 6.70. The number of hydrogen-bond donors (Lipinski definition) is 2. The molecule has 1 aromatic rings. The molecule has 0 saturated carbocycles. The van der Waals surface area contributed by atoms with Gasteiger partial charge in [0.05, 0.1) is 31.8 Å². The highest BCUT2D eigenvalue weighted by Gasteiger charge is 2.29. The summed E-state index contributed by atoms with van der Waals surface area (Å²) in [5.74, 6) is -1.48. The smallest absolute Gasteiger partial charge is 0.330 e. The number of benzene rings is 1. The molecule has 1 saturated heterocycles. The van der Waals surface area contributed by atoms with E-state index in [2.05, 4.69) is 10.1 Å². The summed E-state index contributed by atoms with van der Waals surface area (Å²) in [6.07, 6.45) is 0. The van der Waals surface area contributed by atoms with Crippen molar-refractivity contribution in [2.24, 2.45) is 0 Å². The van der Waals surface area contributed by atoms with Gasteiger partial charge < -0.3 is 19.9 Å². The highest BCUT2D eigenvalue weighted by atomic mass is 32.2. The predicted molar refractivity (Wildman–Crippen MR) is 91.1 cm³/mol. The summed E-state index contributed by atoms with van der Waals surface area (Å²) < 4.78 is 36.7. The third-order valence-electron chi connectivity index (χ3n) is 4.01. The fraction of sp³-hybridized carbons (Fsp3) is 0.500. The number of esters is 1. The van der Waals surface area contributed by atoms with Crippen LogP contribution in [0.3, 0.4) is 0 Å². The zero-order valence-electron chi connectivity index (χ0n) is 14.6. The van der Waals surface area contributed by atoms with Crippen LogP contribution < -0.4 is 5.32 Å². The third kappa shape index (κ3) is 4.39. The van der Waals surface area contributed by atoms with Crippen LogP contribution in [0.5, 0.6) is 0 Å². The van der Waals surface area contributed by atoms with Crippen LogP contribution in [0.15, 0.2) is 23.1 Å². The Balaban J connectivity index is 2.28. The van der Waals surface area contributed by atoms with Gasteiger partial charge in [-0.15, -0.1) is 0 Å². The number of rotatable bonds is 6. The Bertz CT molecular complexity index is 773. The Morgan fingerprint density at radius 3 is 2.58 bits per heavy atom. The average Bonchev–Trinajstić information content (AvgIpc) is 2.66. The highest BCUT2D eigenvalue weighted by Crippen LogP contribution is 2.22. The molecule has 1 aliphatic heterocycles. The number of aliphatic hydroxyl groups is 1. The first kappa shape index (κ1) is 20.3. The van der Waals surface area contributed by atoms with Gasteiger partial charge in [0.1, 0.15) is 0 Å². The van der Waals surface area contributed by atoms with Crippen molar-refractivity contribution in [3.63, 3.8) is 0 Å². The van der Waals surface area contributed by atoms with Crippen LogP contribution in [0.2, 0.25) is 0 Å². The second-order valence-electron chi connectivity index (χ2n) is 5.73. The number of morpholine rings is 1. The summed E-state index contributed by atoms with van der Waals surface area (Å²) in [7, 11) is -2.64. The van der Waals surface area contributed by atoms with Gasteiger partial charge in [0, 0.05) is 18.7 Å². The normalized spacial score (nSPS) is 16.7. The predicted octanol–water partition coefficient (Wildman–Crippen LogP) is -0.720. The number of hydrogen-bond acceptors (Lipinski definition) is 7. The number of carbonyl (C=O) groups is 2. The molecule has 1 amide bonds. The first-order chi connectivity index (χ1) is 12.3. The summed E-state index contributed by atoms with van der Waals surface area (Å²) in [5.41, 5.74) is 0.560. The lowest BCUT2D eigenvalue weighted by Gasteiger charge is -2.26. The summed E-state index contributed by atoms with van der Waals surface area (Å²) in [4.78, 5) is 23.8. The number of methoxy groups -OCH3 is 1. The topological polar surface area (TPSA) is 122 Å². The van der Waals surface area contributed by atoms with Crippen molar-refractivity contribution >= 4 is 21.9 Å². The van der Waals surface area contributed by atoms with E-state index in [0.717, 1.165) is 7.11 Å². The maximum Gasteiger partial charge on any atom is 0.330 e. The molecule has 1 aromatic carbocycles. The lowest BCUT2D eigenvalue weighted by Crippen LogP contribution is -2.44. The van der Waals surface area contributed by atoms with E-state index in [-0.39, 0.29) is 23.5 Å². The van der Waals surface area contributed by atoms with Crippen molar-refractivity contribution in [3.8, 4) is 0 Å². The maximum atomic E-state index is 12.8. The molecule has 2 rings (SSSR count). The maximum absolute atomic E-state index is 12.8. The SMILES string of the molecule is COC(=O)[C@H](CO)NC(=O)c1ccc(C)c(S(=O)(=O)N2CCOCC2)c1. The van der Waals surface area contributed by atoms with Gasteiger partial charge in [-0.1, -0.05) is 6.07 Å². The molecule has 0 radical (unpaired) electrons. The van der Waals surface area contributed by atoms with Crippen molar-refractivity contribution in [2.45, 2.75) is 17.9 Å². The molecule has 26 heavy (non-hydrogen) atoms. The average molecular weight is 386 g/mol. The van der Waals surface area contributed by atoms with E-state index in [1.807, 2.05) is 0 Å². The number of sulfonamides is 1. The van der Waals surface area contributed by atoms with Gasteiger partial charge >= 0.3 is 5.97 Å². The summed E-state index contributed by atoms with van der Waals surface area (Å²) in [6.45, 7) is 2.12. The second-order valence-corrected chi connectivity index (χ2v) is 7.63. The summed E-state index contributed by atoms with van der Waals surface area (Å²) >= 11 is 0. The molecule has 0 spiro atoms. The van der Waals surface area contributed by atoms with Crippen LogP contribution >= 0.6 is 0 Å². The number of amides is 1. The molecule has 0 unspecified atom stereocenters. The molecular formula is C16H22N2O7S. The largest absolute Gasteiger partial charge is 0.467 e. The van der Waals surface area contributed by atoms with Crippen molar-refractivity contribution in [2.75, 3.05) is 40.0 Å². The molecule has 0 bridgehead atoms. The van der Waals surface area contributed by atoms with Crippen LogP contribution in [0.1, 0.15) is 15.9 Å². The first-order valence-electron chi connectivity index (χ1n) is 7.99. The van der Waals surface area contributed by atoms with E-state index in [9.17, 15) is 23.1 Å². The summed E-state index contributed by atoms with van der Waals surface area (Å²) in [5, 5.41) is 11.5. The minimum Gasteiger partial charge on any atom is -0.467 e. The first-order valence-corrected chi connectivity index (χ1v) is 9.43. The van der Waals surface area contributed by atoms with E-state index in [0.29, 0.717) is 18.8 Å². The standard InChI is InChI=1S/C16H22N2O7S/c1-11-3-4-12(15(20)17-13(10-19)16(21)24-2)9-14(11)26(22,23)18-5-7-25-8-6-18/h3-4,9,13,19H,5-8,10H2,1-2H3,(H,17,20)/t13-/m0/s1. The Hall–Kier alpha value is -2.01. The number of nitrogens with one attached hydrogen (secondary N) is 1. The molecule has 2 N–H and O–H groups in total. The lowest BCUT2D eigenvalue weighted by molar-refractivity contribution is -0.143. The van der Waals surface area contributed by atoms with E-state index in [4.69, 9.17) is 4.74 Å². The van der Waals surface area contributed by atoms with Gasteiger partial charge in [-0.25, -0.2) is 13.2 Å². The van der Waals surface area contributed by atoms with Gasteiger partial charge in [-0.05, 0) is 24.6 Å². The molecule has 9 nitrogen and oxygen atoms in total. The van der Waals surface area contributed by atoms with E-state index >= 15 is 0 Å². The number of nitrogens with zero attached hydrogens (tertiary/aromatic N) is 1. The number of aliphatic hydroxyl groups excluding tert-OH is 1. The number of aryl methyl sites for hydroxylation is 1. The van der Waals surface area contributed by atoms with Crippen LogP contribution in [-0.2, 0) is 24.3 Å². The molecule has 0 aromatic heterocycles. The van der Waals surface area contributed by atoms with Crippen molar-refractivity contribution < 1.29 is 32.6 Å². The molecule has 144 valence electrons. The number of carbonyl (C=O) groups excluding carboxylic acids is 2. The Morgan fingerprint density at radius 2 is 2.00 bits per heavy atom. The zero-order chi connectivity index (χ0) is 19.3. The Labute approximate surface area is 151 Å². The van der Waals surface area contributed by atoms with Crippen molar-refractivity contribution in [1.29, 1.82) is 0 Å². The zero-order valence-corrected chi connectivity index (χ0v) is 15.4. The monoisotopic (exact) mass is 386 g/mol. The van der Waals surface area contributed by atoms with Crippen LogP contribution in [0, 0.1) is 6.92 Å². The quantitative estimate of drug-likeness (QED) is 0.619. The molecular weight excluding hydrogens is 364 g/mol. The molecule has 10 heteroatoms. The second kappa shape index (κ2) is 8.58. The fourth-order valence-electron chi connectivity index (χ4n) is 2.51. The van der Waals surface area contributed by atoms with Crippen LogP contribution in [-0.4, -0.2) is 75.8 Å². The Morgan fingerprint density at radius 1 is 1.35 bits per heavy atom. The van der Waals surface area contributed by atoms with Gasteiger partial charge in [0.25, 0.3) is 5.91 Å². The summed E-state index contributed by atoms with van der Waals surface area (Å²) in [6, 6.07) is 3.01. The third-order valence-corrected chi connectivity index (χ3v) is 6.05. The van der Waals surface area contributed by atoms with Gasteiger partial charge in [-0.2, -0.15) is 4.31 Å². The molecule has 1 atom stereocenters. The molecule has 1 fully saturated rings. The lowest BCUT2D eigenvalue weighted by atomic mass is 10.1. The van der Waals surface area contributed by atoms with E-state index in [1.165, 1.54) is 22.5 Å². The fourth-order valence-corrected chi connectivity index (χ4v) is 4.17. The molecule has 1 heterocycles. The van der Waals surface area contributed by atoms with Crippen LogP contribution in [0.25, 0.3) is 0 Å². The molecule has 1 aliphatic rings. The van der Waals surface area contributed by atoms with Crippen LogP contribution in [0.4, 0.5) is 0 Å². The van der Waals surface area contributed by atoms with Gasteiger partial charge in [0.2, 0.25) is 10.0 Å². The van der Waals surface area contributed by atoms with Gasteiger partial charge in [-0.3, -0.25) is 4.79 Å². The van der Waals surface area contributed by atoms with E-state index < -0.39 is 34.5 Å².